The lowest BCUT2D eigenvalue weighted by Crippen LogP contribution is -2.33. The van der Waals surface area contributed by atoms with Gasteiger partial charge in [-0.15, -0.1) is 0 Å². The van der Waals surface area contributed by atoms with E-state index in [1.165, 1.54) is 5.56 Å². The average Bonchev–Trinajstić information content (AvgIpc) is 2.77. The van der Waals surface area contributed by atoms with Gasteiger partial charge in [-0.1, -0.05) is 37.3 Å². The zero-order chi connectivity index (χ0) is 12.5. The van der Waals surface area contributed by atoms with E-state index in [-0.39, 0.29) is 0 Å². The first kappa shape index (κ1) is 13.5. The van der Waals surface area contributed by atoms with Crippen LogP contribution in [0, 0.1) is 0 Å². The van der Waals surface area contributed by atoms with Gasteiger partial charge in [-0.25, -0.2) is 0 Å². The molecule has 2 rings (SSSR count). The molecule has 0 saturated carbocycles. The SMILES string of the molecule is CCCN.NC1=NCCN1Cc1ccccc1. The highest BCUT2D eigenvalue weighted by Gasteiger charge is 2.12. The van der Waals surface area contributed by atoms with Gasteiger partial charge in [0.1, 0.15) is 0 Å². The lowest BCUT2D eigenvalue weighted by Gasteiger charge is -2.16. The minimum absolute atomic E-state index is 0.670. The second-order valence-corrected chi connectivity index (χ2v) is 3.94. The highest BCUT2D eigenvalue weighted by Crippen LogP contribution is 2.06. The summed E-state index contributed by atoms with van der Waals surface area (Å²) in [5.74, 6) is 0.670. The van der Waals surface area contributed by atoms with Gasteiger partial charge in [-0.3, -0.25) is 4.99 Å². The standard InChI is InChI=1S/C10H13N3.C3H9N/c11-10-12-6-7-13(10)8-9-4-2-1-3-5-9;1-2-3-4/h1-5H,6-8H2,(H2,11,12);2-4H2,1H3. The molecule has 1 heterocycles. The van der Waals surface area contributed by atoms with Crippen molar-refractivity contribution < 1.29 is 0 Å². The quantitative estimate of drug-likeness (QED) is 0.825. The van der Waals surface area contributed by atoms with Crippen molar-refractivity contribution in [2.45, 2.75) is 19.9 Å². The summed E-state index contributed by atoms with van der Waals surface area (Å²) in [5.41, 5.74) is 12.0. The van der Waals surface area contributed by atoms with Gasteiger partial charge < -0.3 is 16.4 Å². The van der Waals surface area contributed by atoms with Crippen molar-refractivity contribution in [3.63, 3.8) is 0 Å². The van der Waals surface area contributed by atoms with E-state index >= 15 is 0 Å². The number of rotatable bonds is 3. The normalized spacial score (nSPS) is 14.0. The van der Waals surface area contributed by atoms with Crippen LogP contribution in [0.15, 0.2) is 35.3 Å². The average molecular weight is 234 g/mol. The van der Waals surface area contributed by atoms with Crippen LogP contribution >= 0.6 is 0 Å². The van der Waals surface area contributed by atoms with Gasteiger partial charge in [-0.05, 0) is 18.5 Å². The smallest absolute Gasteiger partial charge is 0.191 e. The molecule has 4 heteroatoms. The van der Waals surface area contributed by atoms with E-state index in [0.29, 0.717) is 5.96 Å². The number of nitrogens with two attached hydrogens (primary N) is 2. The zero-order valence-corrected chi connectivity index (χ0v) is 10.5. The Bertz CT molecular complexity index is 333. The molecule has 0 saturated heterocycles. The van der Waals surface area contributed by atoms with Crippen molar-refractivity contribution in [2.24, 2.45) is 16.5 Å². The monoisotopic (exact) mass is 234 g/mol. The molecule has 0 fully saturated rings. The van der Waals surface area contributed by atoms with Gasteiger partial charge in [-0.2, -0.15) is 0 Å². The molecule has 0 atom stereocenters. The van der Waals surface area contributed by atoms with Crippen LogP contribution in [0.2, 0.25) is 0 Å². The largest absolute Gasteiger partial charge is 0.370 e. The fourth-order valence-electron chi connectivity index (χ4n) is 1.46. The molecule has 0 spiro atoms. The predicted octanol–water partition coefficient (Wildman–Crippen LogP) is 1.17. The topological polar surface area (TPSA) is 67.6 Å². The van der Waals surface area contributed by atoms with Crippen LogP contribution in [-0.4, -0.2) is 30.5 Å². The maximum absolute atomic E-state index is 5.70. The highest BCUT2D eigenvalue weighted by atomic mass is 15.3. The summed E-state index contributed by atoms with van der Waals surface area (Å²) in [6.07, 6.45) is 1.10. The van der Waals surface area contributed by atoms with E-state index in [2.05, 4.69) is 28.9 Å². The molecule has 0 bridgehead atoms. The van der Waals surface area contributed by atoms with Crippen LogP contribution in [0.5, 0.6) is 0 Å². The molecule has 0 aliphatic carbocycles. The Kier molecular flexibility index (Phi) is 6.10. The third kappa shape index (κ3) is 4.87. The maximum Gasteiger partial charge on any atom is 0.191 e. The third-order valence-corrected chi connectivity index (χ3v) is 2.47. The molecular formula is C13H22N4. The van der Waals surface area contributed by atoms with Gasteiger partial charge in [0.2, 0.25) is 0 Å². The first-order valence-electron chi connectivity index (χ1n) is 6.06. The number of guanidine groups is 1. The summed E-state index contributed by atoms with van der Waals surface area (Å²) in [5, 5.41) is 0. The van der Waals surface area contributed by atoms with Gasteiger partial charge in [0.05, 0.1) is 6.54 Å². The maximum atomic E-state index is 5.70. The Morgan fingerprint density at radius 2 is 1.94 bits per heavy atom. The summed E-state index contributed by atoms with van der Waals surface area (Å²) in [4.78, 5) is 6.23. The van der Waals surface area contributed by atoms with E-state index in [4.69, 9.17) is 11.5 Å². The molecule has 94 valence electrons. The molecule has 0 aromatic heterocycles. The van der Waals surface area contributed by atoms with Crippen molar-refractivity contribution in [3.8, 4) is 0 Å². The number of nitrogens with zero attached hydrogens (tertiary/aromatic N) is 2. The fraction of sp³-hybridized carbons (Fsp3) is 0.462. The van der Waals surface area contributed by atoms with Crippen molar-refractivity contribution in [1.29, 1.82) is 0 Å². The van der Waals surface area contributed by atoms with Gasteiger partial charge in [0.25, 0.3) is 0 Å². The molecule has 0 unspecified atom stereocenters. The fourth-order valence-corrected chi connectivity index (χ4v) is 1.46. The summed E-state index contributed by atoms with van der Waals surface area (Å²) in [7, 11) is 0. The van der Waals surface area contributed by atoms with Crippen LogP contribution in [-0.2, 0) is 6.54 Å². The van der Waals surface area contributed by atoms with Crippen molar-refractivity contribution in [1.82, 2.24) is 4.90 Å². The van der Waals surface area contributed by atoms with Crippen LogP contribution in [0.1, 0.15) is 18.9 Å². The molecule has 17 heavy (non-hydrogen) atoms. The van der Waals surface area contributed by atoms with E-state index < -0.39 is 0 Å². The second-order valence-electron chi connectivity index (χ2n) is 3.94. The molecule has 1 aromatic rings. The molecule has 1 aromatic carbocycles. The van der Waals surface area contributed by atoms with E-state index in [0.717, 1.165) is 32.6 Å². The zero-order valence-electron chi connectivity index (χ0n) is 10.5. The Labute approximate surface area is 103 Å². The van der Waals surface area contributed by atoms with Crippen molar-refractivity contribution >= 4 is 5.96 Å². The first-order chi connectivity index (χ1) is 8.27. The van der Waals surface area contributed by atoms with Crippen molar-refractivity contribution in [3.05, 3.63) is 35.9 Å². The molecule has 4 nitrogen and oxygen atoms in total. The van der Waals surface area contributed by atoms with E-state index in [1.807, 2.05) is 18.2 Å². The number of benzene rings is 1. The van der Waals surface area contributed by atoms with Crippen LogP contribution in [0.25, 0.3) is 0 Å². The first-order valence-corrected chi connectivity index (χ1v) is 6.06. The highest BCUT2D eigenvalue weighted by molar-refractivity contribution is 5.79. The Balaban J connectivity index is 0.000000317. The summed E-state index contributed by atoms with van der Waals surface area (Å²) in [6.45, 7) is 5.52. The third-order valence-electron chi connectivity index (χ3n) is 2.47. The second kappa shape index (κ2) is 7.68. The van der Waals surface area contributed by atoms with Gasteiger partial charge in [0.15, 0.2) is 5.96 Å². The molecule has 4 N–H and O–H groups in total. The van der Waals surface area contributed by atoms with Gasteiger partial charge in [0, 0.05) is 13.1 Å². The molecule has 1 aliphatic rings. The summed E-state index contributed by atoms with van der Waals surface area (Å²) in [6, 6.07) is 10.3. The molecular weight excluding hydrogens is 212 g/mol. The molecule has 0 radical (unpaired) electrons. The Hall–Kier alpha value is -1.55. The van der Waals surface area contributed by atoms with Gasteiger partial charge >= 0.3 is 0 Å². The van der Waals surface area contributed by atoms with E-state index in [9.17, 15) is 0 Å². The minimum Gasteiger partial charge on any atom is -0.370 e. The lowest BCUT2D eigenvalue weighted by atomic mass is 10.2. The summed E-state index contributed by atoms with van der Waals surface area (Å²) >= 11 is 0. The number of aliphatic imine (C=N–C) groups is 1. The Morgan fingerprint density at radius 1 is 1.29 bits per heavy atom. The van der Waals surface area contributed by atoms with E-state index in [1.54, 1.807) is 0 Å². The summed E-state index contributed by atoms with van der Waals surface area (Å²) < 4.78 is 0. The van der Waals surface area contributed by atoms with Crippen LogP contribution < -0.4 is 11.5 Å². The Morgan fingerprint density at radius 3 is 2.41 bits per heavy atom. The molecule has 1 aliphatic heterocycles. The minimum atomic E-state index is 0.670. The van der Waals surface area contributed by atoms with Crippen molar-refractivity contribution in [2.75, 3.05) is 19.6 Å². The molecule has 0 amide bonds. The number of hydrogen-bond donors (Lipinski definition) is 2. The number of hydrogen-bond acceptors (Lipinski definition) is 4. The lowest BCUT2D eigenvalue weighted by molar-refractivity contribution is 0.448. The predicted molar refractivity (Wildman–Crippen MR) is 72.7 cm³/mol. The van der Waals surface area contributed by atoms with Crippen LogP contribution in [0.4, 0.5) is 0 Å². The van der Waals surface area contributed by atoms with Crippen LogP contribution in [0.3, 0.4) is 0 Å².